The smallest absolute Gasteiger partial charge is 0.338 e. The fraction of sp³-hybridized carbons (Fsp3) is 0.361. The first-order valence-electron chi connectivity index (χ1n) is 15.5. The lowest BCUT2D eigenvalue weighted by atomic mass is 9.93. The molecule has 0 aliphatic carbocycles. The predicted octanol–water partition coefficient (Wildman–Crippen LogP) is 6.24. The van der Waals surface area contributed by atoms with E-state index >= 15 is 0 Å². The van der Waals surface area contributed by atoms with Gasteiger partial charge in [0.1, 0.15) is 10.9 Å². The molecule has 0 amide bonds. The van der Waals surface area contributed by atoms with Crippen LogP contribution in [0.3, 0.4) is 0 Å². The number of carbonyl (C=O) groups excluding carboxylic acids is 3. The average molecular weight is 678 g/mol. The molecule has 1 saturated heterocycles. The monoisotopic (exact) mass is 677 g/mol. The minimum absolute atomic E-state index is 0.250. The zero-order chi connectivity index (χ0) is 33.4. The molecule has 5 rings (SSSR count). The van der Waals surface area contributed by atoms with Crippen molar-refractivity contribution in [3.05, 3.63) is 120 Å². The van der Waals surface area contributed by atoms with E-state index in [9.17, 15) is 18.9 Å². The Kier molecular flexibility index (Phi) is 11.5. The van der Waals surface area contributed by atoms with Crippen LogP contribution in [-0.2, 0) is 30.3 Å². The van der Waals surface area contributed by atoms with Crippen LogP contribution in [0.1, 0.15) is 71.1 Å². The Bertz CT molecular complexity index is 1530. The second-order valence-electron chi connectivity index (χ2n) is 12.2. The molecule has 1 N–H and O–H groups in total. The first-order chi connectivity index (χ1) is 22.6. The van der Waals surface area contributed by atoms with Gasteiger partial charge in [-0.25, -0.2) is 14.4 Å². The lowest BCUT2D eigenvalue weighted by Gasteiger charge is -2.51. The summed E-state index contributed by atoms with van der Waals surface area (Å²) < 4.78 is 41.7. The average Bonchev–Trinajstić information content (AvgIpc) is 3.08. The number of carbonyl (C=O) groups is 3. The lowest BCUT2D eigenvalue weighted by molar-refractivity contribution is -0.238. The Morgan fingerprint density at radius 1 is 0.766 bits per heavy atom. The molecule has 47 heavy (non-hydrogen) atoms. The maximum Gasteiger partial charge on any atom is 0.338 e. The molecule has 0 saturated carbocycles. The van der Waals surface area contributed by atoms with Crippen molar-refractivity contribution in [2.24, 2.45) is 0 Å². The van der Waals surface area contributed by atoms with Crippen LogP contribution in [0.15, 0.2) is 103 Å². The Labute approximate surface area is 282 Å². The number of ether oxygens (including phenoxy) is 4. The van der Waals surface area contributed by atoms with Crippen molar-refractivity contribution in [1.29, 1.82) is 0 Å². The highest BCUT2D eigenvalue weighted by atomic mass is 32.2. The summed E-state index contributed by atoms with van der Waals surface area (Å²) in [6.45, 7) is 5.43. The van der Waals surface area contributed by atoms with Gasteiger partial charge in [-0.05, 0) is 76.4 Å². The third kappa shape index (κ3) is 8.65. The molecule has 2 heterocycles. The molecule has 11 heteroatoms. The highest BCUT2D eigenvalue weighted by Crippen LogP contribution is 2.44. The molecule has 2 aliphatic rings. The van der Waals surface area contributed by atoms with Crippen molar-refractivity contribution < 1.29 is 37.9 Å². The van der Waals surface area contributed by atoms with Gasteiger partial charge in [0.2, 0.25) is 5.06 Å². The molecule has 248 valence electrons. The number of fused-ring (bicyclic) bond motifs is 2. The predicted molar refractivity (Wildman–Crippen MR) is 181 cm³/mol. The molecule has 0 spiro atoms. The van der Waals surface area contributed by atoms with Crippen LogP contribution < -0.4 is 4.72 Å². The van der Waals surface area contributed by atoms with E-state index in [4.69, 9.17) is 18.9 Å². The highest BCUT2D eigenvalue weighted by molar-refractivity contribution is 8.01. The van der Waals surface area contributed by atoms with Crippen molar-refractivity contribution in [3.63, 3.8) is 0 Å². The van der Waals surface area contributed by atoms with Crippen molar-refractivity contribution in [1.82, 2.24) is 4.72 Å². The van der Waals surface area contributed by atoms with Gasteiger partial charge in [-0.3, -0.25) is 0 Å². The Morgan fingerprint density at radius 2 is 1.23 bits per heavy atom. The van der Waals surface area contributed by atoms with E-state index in [0.29, 0.717) is 25.0 Å². The van der Waals surface area contributed by atoms with E-state index in [1.54, 1.807) is 91.0 Å². The number of hydrogen-bond donors (Lipinski definition) is 1. The summed E-state index contributed by atoms with van der Waals surface area (Å²) in [6.07, 6.45) is 0.859. The van der Waals surface area contributed by atoms with Crippen LogP contribution in [0.5, 0.6) is 0 Å². The minimum Gasteiger partial charge on any atom is -0.598 e. The molecule has 6 unspecified atom stereocenters. The quantitative estimate of drug-likeness (QED) is 0.127. The van der Waals surface area contributed by atoms with Crippen LogP contribution in [0.25, 0.3) is 0 Å². The van der Waals surface area contributed by atoms with Crippen molar-refractivity contribution >= 4 is 41.0 Å². The second-order valence-corrected chi connectivity index (χ2v) is 15.4. The van der Waals surface area contributed by atoms with E-state index in [1.807, 2.05) is 32.9 Å². The number of thioether (sulfide) groups is 1. The number of hydrogen-bond acceptors (Lipinski definition) is 10. The number of rotatable bonds is 8. The molecular weight excluding hydrogens is 639 g/mol. The zero-order valence-electron chi connectivity index (χ0n) is 26.5. The Hall–Kier alpha value is -3.61. The fourth-order valence-corrected chi connectivity index (χ4v) is 7.46. The molecule has 2 aliphatic heterocycles. The van der Waals surface area contributed by atoms with E-state index in [0.717, 1.165) is 0 Å². The topological polar surface area (TPSA) is 123 Å². The zero-order valence-corrected chi connectivity index (χ0v) is 28.2. The summed E-state index contributed by atoms with van der Waals surface area (Å²) in [5.74, 6) is -1.59. The summed E-state index contributed by atoms with van der Waals surface area (Å²) in [4.78, 5) is 41.1. The van der Waals surface area contributed by atoms with Gasteiger partial charge >= 0.3 is 17.9 Å². The first-order valence-corrected chi connectivity index (χ1v) is 17.7. The third-order valence-electron chi connectivity index (χ3n) is 7.62. The van der Waals surface area contributed by atoms with Gasteiger partial charge in [-0.15, -0.1) is 11.8 Å². The summed E-state index contributed by atoms with van der Waals surface area (Å²) in [7, 11) is 0. The molecule has 0 radical (unpaired) electrons. The summed E-state index contributed by atoms with van der Waals surface area (Å²) in [6, 6.07) is 25.2. The second kappa shape index (κ2) is 15.5. The fourth-order valence-electron chi connectivity index (χ4n) is 5.17. The van der Waals surface area contributed by atoms with Gasteiger partial charge in [0.05, 0.1) is 16.7 Å². The van der Waals surface area contributed by atoms with Crippen LogP contribution in [0.2, 0.25) is 0 Å². The third-order valence-corrected chi connectivity index (χ3v) is 10.6. The van der Waals surface area contributed by atoms with E-state index in [1.165, 1.54) is 11.8 Å². The van der Waals surface area contributed by atoms with Gasteiger partial charge in [0.25, 0.3) is 0 Å². The van der Waals surface area contributed by atoms with Crippen LogP contribution in [-0.4, -0.2) is 62.4 Å². The standard InChI is InChI=1S/C36H39NO8S2/c1-35(2,3)47(41)37-36-31(44-34(40)27-21-13-8-14-22-27)30(43-33(39)26-19-11-7-12-20-26)29(42-32(38)25-17-9-6-10-18-25)28(45-36)23-15-4-5-16-24-46-36/h4-14,17-22,28-31,37H,15-16,23-24H2,1-3H3. The molecular formula is C36H39NO8S2. The SMILES string of the molecule is CC(C)(C)[S+]([O-])NC12OC(CCC=CCCS1)C(OC(=O)c1ccccc1)C(OC(=O)c1ccccc1)C2OC(=O)c1ccccc1. The summed E-state index contributed by atoms with van der Waals surface area (Å²) in [5, 5.41) is -1.66. The van der Waals surface area contributed by atoms with Crippen molar-refractivity contribution in [2.45, 2.75) is 74.3 Å². The van der Waals surface area contributed by atoms with Crippen LogP contribution >= 0.6 is 11.8 Å². The molecule has 3 aromatic carbocycles. The van der Waals surface area contributed by atoms with Gasteiger partial charge < -0.3 is 23.5 Å². The Balaban J connectivity index is 1.65. The highest BCUT2D eigenvalue weighted by Gasteiger charge is 2.63. The van der Waals surface area contributed by atoms with Gasteiger partial charge in [-0.1, -0.05) is 71.5 Å². The molecule has 2 bridgehead atoms. The summed E-state index contributed by atoms with van der Waals surface area (Å²) >= 11 is -0.458. The first kappa shape index (κ1) is 34.7. The molecule has 1 fully saturated rings. The maximum absolute atomic E-state index is 13.8. The number of esters is 3. The van der Waals surface area contributed by atoms with E-state index in [-0.39, 0.29) is 16.7 Å². The number of nitrogens with one attached hydrogen (secondary N) is 1. The normalized spacial score (nSPS) is 25.2. The van der Waals surface area contributed by atoms with Crippen molar-refractivity contribution in [3.8, 4) is 0 Å². The molecule has 3 aromatic rings. The lowest BCUT2D eigenvalue weighted by Crippen LogP contribution is -2.72. The molecule has 6 atom stereocenters. The minimum atomic E-state index is -1.73. The van der Waals surface area contributed by atoms with Gasteiger partial charge in [0.15, 0.2) is 18.3 Å². The summed E-state index contributed by atoms with van der Waals surface area (Å²) in [5.41, 5.74) is 0.794. The number of benzene rings is 3. The van der Waals surface area contributed by atoms with Crippen molar-refractivity contribution in [2.75, 3.05) is 5.75 Å². The number of allylic oxidation sites excluding steroid dienone is 2. The molecule has 9 nitrogen and oxygen atoms in total. The Morgan fingerprint density at radius 3 is 1.74 bits per heavy atom. The van der Waals surface area contributed by atoms with Crippen LogP contribution in [0.4, 0.5) is 0 Å². The molecule has 0 aromatic heterocycles. The largest absolute Gasteiger partial charge is 0.598 e. The van der Waals surface area contributed by atoms with Gasteiger partial charge in [-0.2, -0.15) is 0 Å². The van der Waals surface area contributed by atoms with E-state index in [2.05, 4.69) is 4.72 Å². The van der Waals surface area contributed by atoms with E-state index < -0.39 is 63.5 Å². The maximum atomic E-state index is 13.8. The van der Waals surface area contributed by atoms with Gasteiger partial charge in [0, 0.05) is 17.1 Å². The van der Waals surface area contributed by atoms with Crippen LogP contribution in [0, 0.1) is 0 Å².